The van der Waals surface area contributed by atoms with Crippen LogP contribution >= 0.6 is 0 Å². The fourth-order valence-corrected chi connectivity index (χ4v) is 1.12. The second kappa shape index (κ2) is 3.96. The van der Waals surface area contributed by atoms with Crippen molar-refractivity contribution in [2.75, 3.05) is 0 Å². The average molecular weight is 189 g/mol. The van der Waals surface area contributed by atoms with Crippen LogP contribution < -0.4 is 4.74 Å². The summed E-state index contributed by atoms with van der Waals surface area (Å²) < 4.78 is 10.4. The van der Waals surface area contributed by atoms with Gasteiger partial charge in [-0.2, -0.15) is 0 Å². The Labute approximate surface area is 82.3 Å². The summed E-state index contributed by atoms with van der Waals surface area (Å²) in [6, 6.07) is 5.71. The minimum absolute atomic E-state index is 0.493. The number of aryl methyl sites for hydroxylation is 1. The molecule has 2 aromatic rings. The van der Waals surface area contributed by atoms with Crippen LogP contribution in [0.15, 0.2) is 41.3 Å². The van der Waals surface area contributed by atoms with Crippen molar-refractivity contribution in [2.24, 2.45) is 0 Å². The molecule has 2 heterocycles. The van der Waals surface area contributed by atoms with Crippen molar-refractivity contribution in [2.45, 2.75) is 13.5 Å². The lowest BCUT2D eigenvalue weighted by Gasteiger charge is -2.03. The van der Waals surface area contributed by atoms with Gasteiger partial charge in [0.05, 0.1) is 12.5 Å². The molecule has 0 spiro atoms. The molecule has 0 aliphatic rings. The first-order chi connectivity index (χ1) is 6.84. The van der Waals surface area contributed by atoms with Crippen molar-refractivity contribution in [3.63, 3.8) is 0 Å². The van der Waals surface area contributed by atoms with Crippen LogP contribution in [0.4, 0.5) is 0 Å². The SMILES string of the molecule is Cc1ccnc(OCc2ccoc2)c1. The lowest BCUT2D eigenvalue weighted by atomic mass is 10.3. The smallest absolute Gasteiger partial charge is 0.213 e. The first-order valence-corrected chi connectivity index (χ1v) is 4.41. The van der Waals surface area contributed by atoms with E-state index in [0.29, 0.717) is 12.5 Å². The van der Waals surface area contributed by atoms with Gasteiger partial charge in [0, 0.05) is 17.8 Å². The quantitative estimate of drug-likeness (QED) is 0.744. The zero-order valence-corrected chi connectivity index (χ0v) is 7.93. The van der Waals surface area contributed by atoms with E-state index in [1.54, 1.807) is 18.7 Å². The molecule has 0 saturated carbocycles. The van der Waals surface area contributed by atoms with E-state index in [0.717, 1.165) is 11.1 Å². The molecular weight excluding hydrogens is 178 g/mol. The Kier molecular flexibility index (Phi) is 2.49. The number of ether oxygens (including phenoxy) is 1. The highest BCUT2D eigenvalue weighted by atomic mass is 16.5. The summed E-state index contributed by atoms with van der Waals surface area (Å²) in [6.07, 6.45) is 5.03. The van der Waals surface area contributed by atoms with Gasteiger partial charge in [0.25, 0.3) is 0 Å². The standard InChI is InChI=1S/C11H11NO2/c1-9-2-4-12-11(6-9)14-8-10-3-5-13-7-10/h2-7H,8H2,1H3. The third-order valence-electron chi connectivity index (χ3n) is 1.86. The molecule has 0 aromatic carbocycles. The number of nitrogens with zero attached hydrogens (tertiary/aromatic N) is 1. The van der Waals surface area contributed by atoms with Gasteiger partial charge in [0.1, 0.15) is 6.61 Å². The van der Waals surface area contributed by atoms with Crippen LogP contribution in [0.5, 0.6) is 5.88 Å². The van der Waals surface area contributed by atoms with E-state index in [-0.39, 0.29) is 0 Å². The van der Waals surface area contributed by atoms with Crippen LogP contribution in [0, 0.1) is 6.92 Å². The number of pyridine rings is 1. The van der Waals surface area contributed by atoms with Crippen molar-refractivity contribution < 1.29 is 9.15 Å². The minimum atomic E-state index is 0.493. The molecule has 14 heavy (non-hydrogen) atoms. The topological polar surface area (TPSA) is 35.3 Å². The van der Waals surface area contributed by atoms with Crippen molar-refractivity contribution >= 4 is 0 Å². The summed E-state index contributed by atoms with van der Waals surface area (Å²) in [4.78, 5) is 4.09. The molecule has 3 nitrogen and oxygen atoms in total. The molecule has 2 aromatic heterocycles. The summed E-state index contributed by atoms with van der Waals surface area (Å²) in [5.41, 5.74) is 2.15. The van der Waals surface area contributed by atoms with Crippen LogP contribution in [0.25, 0.3) is 0 Å². The lowest BCUT2D eigenvalue weighted by Crippen LogP contribution is -1.95. The van der Waals surface area contributed by atoms with Crippen LogP contribution in [-0.4, -0.2) is 4.98 Å². The molecule has 0 fully saturated rings. The number of rotatable bonds is 3. The third-order valence-corrected chi connectivity index (χ3v) is 1.86. The summed E-state index contributed by atoms with van der Waals surface area (Å²) in [5.74, 6) is 0.645. The molecule has 72 valence electrons. The molecule has 0 amide bonds. The third kappa shape index (κ3) is 2.13. The Morgan fingerprint density at radius 2 is 2.36 bits per heavy atom. The first kappa shape index (κ1) is 8.81. The van der Waals surface area contributed by atoms with Gasteiger partial charge in [-0.05, 0) is 24.6 Å². The highest BCUT2D eigenvalue weighted by Gasteiger charge is 1.97. The van der Waals surface area contributed by atoms with E-state index >= 15 is 0 Å². The second-order valence-electron chi connectivity index (χ2n) is 3.09. The Morgan fingerprint density at radius 3 is 3.07 bits per heavy atom. The number of furan rings is 1. The Hall–Kier alpha value is -1.77. The Bertz CT molecular complexity index is 395. The van der Waals surface area contributed by atoms with Crippen molar-refractivity contribution in [1.29, 1.82) is 0 Å². The van der Waals surface area contributed by atoms with Crippen LogP contribution in [0.2, 0.25) is 0 Å². The van der Waals surface area contributed by atoms with Crippen molar-refractivity contribution in [3.05, 3.63) is 48.0 Å². The largest absolute Gasteiger partial charge is 0.473 e. The van der Waals surface area contributed by atoms with E-state index in [4.69, 9.17) is 9.15 Å². The highest BCUT2D eigenvalue weighted by Crippen LogP contribution is 2.10. The molecule has 0 aliphatic heterocycles. The van der Waals surface area contributed by atoms with Crippen LogP contribution in [0.1, 0.15) is 11.1 Å². The molecule has 0 N–H and O–H groups in total. The van der Waals surface area contributed by atoms with Gasteiger partial charge in [-0.25, -0.2) is 4.98 Å². The van der Waals surface area contributed by atoms with E-state index in [1.165, 1.54) is 0 Å². The second-order valence-corrected chi connectivity index (χ2v) is 3.09. The molecule has 0 atom stereocenters. The first-order valence-electron chi connectivity index (χ1n) is 4.41. The Morgan fingerprint density at radius 1 is 1.43 bits per heavy atom. The normalized spacial score (nSPS) is 10.1. The molecule has 0 aliphatic carbocycles. The summed E-state index contributed by atoms with van der Waals surface area (Å²) >= 11 is 0. The zero-order chi connectivity index (χ0) is 9.80. The number of hydrogen-bond donors (Lipinski definition) is 0. The average Bonchev–Trinajstić information content (AvgIpc) is 2.67. The van der Waals surface area contributed by atoms with E-state index in [2.05, 4.69) is 4.98 Å². The predicted molar refractivity (Wildman–Crippen MR) is 52.0 cm³/mol. The molecule has 0 radical (unpaired) electrons. The lowest BCUT2D eigenvalue weighted by molar-refractivity contribution is 0.292. The fraction of sp³-hybridized carbons (Fsp3) is 0.182. The van der Waals surface area contributed by atoms with Gasteiger partial charge in [0.2, 0.25) is 5.88 Å². The number of aromatic nitrogens is 1. The van der Waals surface area contributed by atoms with Gasteiger partial charge < -0.3 is 9.15 Å². The summed E-state index contributed by atoms with van der Waals surface area (Å²) in [5, 5.41) is 0. The molecule has 2 rings (SSSR count). The summed E-state index contributed by atoms with van der Waals surface area (Å²) in [7, 11) is 0. The fourth-order valence-electron chi connectivity index (χ4n) is 1.12. The highest BCUT2D eigenvalue weighted by molar-refractivity contribution is 5.19. The van der Waals surface area contributed by atoms with Crippen molar-refractivity contribution in [3.8, 4) is 5.88 Å². The maximum atomic E-state index is 5.46. The maximum absolute atomic E-state index is 5.46. The van der Waals surface area contributed by atoms with Gasteiger partial charge >= 0.3 is 0 Å². The molecule has 0 bridgehead atoms. The predicted octanol–water partition coefficient (Wildman–Crippen LogP) is 2.56. The van der Waals surface area contributed by atoms with Gasteiger partial charge in [-0.15, -0.1) is 0 Å². The molecule has 0 saturated heterocycles. The van der Waals surface area contributed by atoms with E-state index < -0.39 is 0 Å². The van der Waals surface area contributed by atoms with Crippen LogP contribution in [-0.2, 0) is 6.61 Å². The monoisotopic (exact) mass is 189 g/mol. The van der Waals surface area contributed by atoms with Crippen molar-refractivity contribution in [1.82, 2.24) is 4.98 Å². The molecular formula is C11H11NO2. The minimum Gasteiger partial charge on any atom is -0.473 e. The van der Waals surface area contributed by atoms with Gasteiger partial charge in [-0.3, -0.25) is 0 Å². The molecule has 3 heteroatoms. The van der Waals surface area contributed by atoms with Gasteiger partial charge in [0.15, 0.2) is 0 Å². The molecule has 0 unspecified atom stereocenters. The zero-order valence-electron chi connectivity index (χ0n) is 7.93. The van der Waals surface area contributed by atoms with E-state index in [9.17, 15) is 0 Å². The summed E-state index contributed by atoms with van der Waals surface area (Å²) in [6.45, 7) is 2.50. The number of hydrogen-bond acceptors (Lipinski definition) is 3. The Balaban J connectivity index is 1.98. The van der Waals surface area contributed by atoms with Crippen LogP contribution in [0.3, 0.4) is 0 Å². The van der Waals surface area contributed by atoms with E-state index in [1.807, 2.05) is 25.1 Å². The maximum Gasteiger partial charge on any atom is 0.213 e. The van der Waals surface area contributed by atoms with Gasteiger partial charge in [-0.1, -0.05) is 0 Å².